The van der Waals surface area contributed by atoms with Gasteiger partial charge >= 0.3 is 0 Å². The van der Waals surface area contributed by atoms with Gasteiger partial charge in [0.15, 0.2) is 0 Å². The summed E-state index contributed by atoms with van der Waals surface area (Å²) in [7, 11) is 1.59. The van der Waals surface area contributed by atoms with E-state index in [1.54, 1.807) is 13.2 Å². The zero-order chi connectivity index (χ0) is 13.2. The lowest BCUT2D eigenvalue weighted by Gasteiger charge is -2.40. The highest BCUT2D eigenvalue weighted by molar-refractivity contribution is 6.32. The van der Waals surface area contributed by atoms with E-state index < -0.39 is 5.60 Å². The smallest absolute Gasteiger partial charge is 0.137 e. The second kappa shape index (κ2) is 5.47. The van der Waals surface area contributed by atoms with Gasteiger partial charge in [0, 0.05) is 12.5 Å². The molecule has 1 aromatic carbocycles. The SMILES string of the molecule is CCC1CNCCC1(O)c1ccc(Cl)c(OC)c1. The molecule has 2 unspecified atom stereocenters. The predicted molar refractivity (Wildman–Crippen MR) is 73.2 cm³/mol. The quantitative estimate of drug-likeness (QED) is 0.886. The van der Waals surface area contributed by atoms with Gasteiger partial charge in [-0.3, -0.25) is 0 Å². The number of hydrogen-bond donors (Lipinski definition) is 2. The van der Waals surface area contributed by atoms with E-state index in [1.807, 2.05) is 12.1 Å². The highest BCUT2D eigenvalue weighted by Gasteiger charge is 2.39. The molecule has 0 aliphatic carbocycles. The van der Waals surface area contributed by atoms with E-state index in [-0.39, 0.29) is 5.92 Å². The first-order valence-electron chi connectivity index (χ1n) is 6.39. The topological polar surface area (TPSA) is 41.5 Å². The predicted octanol–water partition coefficient (Wildman–Crippen LogP) is 2.56. The number of nitrogens with one attached hydrogen (secondary N) is 1. The van der Waals surface area contributed by atoms with Crippen LogP contribution in [0.3, 0.4) is 0 Å². The average Bonchev–Trinajstić information content (AvgIpc) is 2.39. The van der Waals surface area contributed by atoms with Gasteiger partial charge in [0.25, 0.3) is 0 Å². The van der Waals surface area contributed by atoms with Crippen LogP contribution in [-0.2, 0) is 5.60 Å². The maximum Gasteiger partial charge on any atom is 0.137 e. The summed E-state index contributed by atoms with van der Waals surface area (Å²) in [5, 5.41) is 14.9. The molecule has 1 aliphatic rings. The lowest BCUT2D eigenvalue weighted by Crippen LogP contribution is -2.47. The van der Waals surface area contributed by atoms with Gasteiger partial charge in [-0.2, -0.15) is 0 Å². The molecule has 1 aromatic rings. The molecule has 0 bridgehead atoms. The van der Waals surface area contributed by atoms with Crippen molar-refractivity contribution in [3.63, 3.8) is 0 Å². The molecular weight excluding hydrogens is 250 g/mol. The molecule has 0 amide bonds. The fraction of sp³-hybridized carbons (Fsp3) is 0.571. The van der Waals surface area contributed by atoms with Crippen molar-refractivity contribution >= 4 is 11.6 Å². The molecule has 18 heavy (non-hydrogen) atoms. The normalized spacial score (nSPS) is 28.1. The van der Waals surface area contributed by atoms with Gasteiger partial charge in [-0.05, 0) is 37.1 Å². The second-order valence-corrected chi connectivity index (χ2v) is 5.24. The van der Waals surface area contributed by atoms with Crippen molar-refractivity contribution in [1.29, 1.82) is 0 Å². The van der Waals surface area contributed by atoms with Crippen molar-refractivity contribution in [1.82, 2.24) is 5.32 Å². The van der Waals surface area contributed by atoms with Crippen LogP contribution in [0.1, 0.15) is 25.3 Å². The van der Waals surface area contributed by atoms with Crippen LogP contribution in [0.2, 0.25) is 5.02 Å². The Hall–Kier alpha value is -0.770. The molecule has 2 N–H and O–H groups in total. The molecule has 4 heteroatoms. The number of hydrogen-bond acceptors (Lipinski definition) is 3. The summed E-state index contributed by atoms with van der Waals surface area (Å²) < 4.78 is 5.23. The highest BCUT2D eigenvalue weighted by atomic mass is 35.5. The van der Waals surface area contributed by atoms with E-state index in [0.717, 1.165) is 31.5 Å². The first-order chi connectivity index (χ1) is 8.61. The van der Waals surface area contributed by atoms with Crippen LogP contribution >= 0.6 is 11.6 Å². The molecule has 0 spiro atoms. The Balaban J connectivity index is 2.38. The summed E-state index contributed by atoms with van der Waals surface area (Å²) in [4.78, 5) is 0. The van der Waals surface area contributed by atoms with Crippen molar-refractivity contribution in [2.45, 2.75) is 25.4 Å². The Bertz CT molecular complexity index is 424. The summed E-state index contributed by atoms with van der Waals surface area (Å²) >= 11 is 6.03. The van der Waals surface area contributed by atoms with Crippen LogP contribution in [0.4, 0.5) is 0 Å². The maximum atomic E-state index is 11.0. The largest absolute Gasteiger partial charge is 0.495 e. The second-order valence-electron chi connectivity index (χ2n) is 4.83. The van der Waals surface area contributed by atoms with Crippen molar-refractivity contribution in [2.24, 2.45) is 5.92 Å². The number of aliphatic hydroxyl groups is 1. The summed E-state index contributed by atoms with van der Waals surface area (Å²) in [5.41, 5.74) is 0.120. The standard InChI is InChI=1S/C14H20ClNO2/c1-3-10-9-16-7-6-14(10,17)11-4-5-12(15)13(8-11)18-2/h4-5,8,10,16-17H,3,6-7,9H2,1-2H3. The Labute approximate surface area is 113 Å². The maximum absolute atomic E-state index is 11.0. The number of rotatable bonds is 3. The fourth-order valence-corrected chi connectivity index (χ4v) is 2.91. The Morgan fingerprint density at radius 1 is 1.56 bits per heavy atom. The number of benzene rings is 1. The summed E-state index contributed by atoms with van der Waals surface area (Å²) in [5.74, 6) is 0.841. The summed E-state index contributed by atoms with van der Waals surface area (Å²) in [6.45, 7) is 3.78. The van der Waals surface area contributed by atoms with E-state index in [4.69, 9.17) is 16.3 Å². The lowest BCUT2D eigenvalue weighted by atomic mass is 9.75. The van der Waals surface area contributed by atoms with Gasteiger partial charge in [-0.1, -0.05) is 24.6 Å². The number of halogens is 1. The Kier molecular flexibility index (Phi) is 4.15. The van der Waals surface area contributed by atoms with Gasteiger partial charge < -0.3 is 15.2 Å². The molecule has 1 saturated heterocycles. The van der Waals surface area contributed by atoms with Gasteiger partial charge in [-0.25, -0.2) is 0 Å². The first kappa shape index (κ1) is 13.7. The van der Waals surface area contributed by atoms with E-state index >= 15 is 0 Å². The summed E-state index contributed by atoms with van der Waals surface area (Å²) in [6, 6.07) is 5.55. The van der Waals surface area contributed by atoms with Crippen LogP contribution in [0.25, 0.3) is 0 Å². The van der Waals surface area contributed by atoms with E-state index in [1.165, 1.54) is 0 Å². The van der Waals surface area contributed by atoms with Crippen LogP contribution in [-0.4, -0.2) is 25.3 Å². The van der Waals surface area contributed by atoms with Crippen LogP contribution in [0, 0.1) is 5.92 Å². The van der Waals surface area contributed by atoms with Crippen molar-refractivity contribution in [2.75, 3.05) is 20.2 Å². The molecule has 0 aromatic heterocycles. The molecule has 1 heterocycles. The third-order valence-corrected chi connectivity index (χ3v) is 4.21. The Morgan fingerprint density at radius 2 is 2.33 bits per heavy atom. The number of piperidine rings is 1. The average molecular weight is 270 g/mol. The summed E-state index contributed by atoms with van der Waals surface area (Å²) in [6.07, 6.45) is 1.66. The number of ether oxygens (including phenoxy) is 1. The molecular formula is C14H20ClNO2. The van der Waals surface area contributed by atoms with E-state index in [0.29, 0.717) is 10.8 Å². The third-order valence-electron chi connectivity index (χ3n) is 3.89. The highest BCUT2D eigenvalue weighted by Crippen LogP contribution is 2.39. The monoisotopic (exact) mass is 269 g/mol. The van der Waals surface area contributed by atoms with Crippen molar-refractivity contribution in [3.05, 3.63) is 28.8 Å². The van der Waals surface area contributed by atoms with Crippen LogP contribution < -0.4 is 10.1 Å². The van der Waals surface area contributed by atoms with E-state index in [9.17, 15) is 5.11 Å². The molecule has 100 valence electrons. The fourth-order valence-electron chi connectivity index (χ4n) is 2.72. The third kappa shape index (κ3) is 2.35. The minimum Gasteiger partial charge on any atom is -0.495 e. The molecule has 2 atom stereocenters. The molecule has 0 saturated carbocycles. The van der Waals surface area contributed by atoms with Gasteiger partial charge in [0.1, 0.15) is 5.75 Å². The zero-order valence-corrected chi connectivity index (χ0v) is 11.6. The molecule has 3 nitrogen and oxygen atoms in total. The molecule has 2 rings (SSSR count). The lowest BCUT2D eigenvalue weighted by molar-refractivity contribution is -0.0479. The van der Waals surface area contributed by atoms with Crippen molar-refractivity contribution < 1.29 is 9.84 Å². The van der Waals surface area contributed by atoms with E-state index in [2.05, 4.69) is 12.2 Å². The van der Waals surface area contributed by atoms with Gasteiger partial charge in [0.05, 0.1) is 17.7 Å². The van der Waals surface area contributed by atoms with Crippen molar-refractivity contribution in [3.8, 4) is 5.75 Å². The van der Waals surface area contributed by atoms with Gasteiger partial charge in [-0.15, -0.1) is 0 Å². The Morgan fingerprint density at radius 3 is 3.00 bits per heavy atom. The minimum atomic E-state index is -0.780. The van der Waals surface area contributed by atoms with Crippen LogP contribution in [0.5, 0.6) is 5.75 Å². The zero-order valence-electron chi connectivity index (χ0n) is 10.9. The first-order valence-corrected chi connectivity index (χ1v) is 6.76. The van der Waals surface area contributed by atoms with Crippen LogP contribution in [0.15, 0.2) is 18.2 Å². The molecule has 1 fully saturated rings. The molecule has 0 radical (unpaired) electrons. The number of methoxy groups -OCH3 is 1. The van der Waals surface area contributed by atoms with Gasteiger partial charge in [0.2, 0.25) is 0 Å². The molecule has 1 aliphatic heterocycles. The minimum absolute atomic E-state index is 0.220.